The quantitative estimate of drug-likeness (QED) is 0.141. The third-order valence-electron chi connectivity index (χ3n) is 7.51. The first-order valence-corrected chi connectivity index (χ1v) is 18.5. The Balaban J connectivity index is 1.55. The monoisotopic (exact) mass is 622 g/mol. The Kier molecular flexibility index (Phi) is 9.79. The third kappa shape index (κ3) is 7.91. The number of hydrogen-bond acceptors (Lipinski definition) is 4. The molecular formula is C37H40N2O3P2. The van der Waals surface area contributed by atoms with Gasteiger partial charge in [0.25, 0.3) is 7.43 Å². The summed E-state index contributed by atoms with van der Waals surface area (Å²) in [5.74, 6) is 1.90. The topological polar surface area (TPSA) is 63.9 Å². The Morgan fingerprint density at radius 3 is 1.52 bits per heavy atom. The van der Waals surface area contributed by atoms with Gasteiger partial charge in [-0.05, 0) is 60.0 Å². The van der Waals surface area contributed by atoms with Gasteiger partial charge in [-0.15, -0.1) is 0 Å². The van der Waals surface area contributed by atoms with Gasteiger partial charge in [0.2, 0.25) is 0 Å². The van der Waals surface area contributed by atoms with E-state index in [0.717, 1.165) is 5.56 Å². The molecule has 0 fully saturated rings. The van der Waals surface area contributed by atoms with E-state index in [1.807, 2.05) is 110 Å². The number of hydrogen-bond donors (Lipinski definition) is 1. The van der Waals surface area contributed by atoms with Crippen molar-refractivity contribution in [3.63, 3.8) is 0 Å². The van der Waals surface area contributed by atoms with Crippen LogP contribution in [0.1, 0.15) is 43.0 Å². The van der Waals surface area contributed by atoms with Crippen molar-refractivity contribution in [2.75, 3.05) is 6.16 Å². The van der Waals surface area contributed by atoms with Gasteiger partial charge in [0.15, 0.2) is 0 Å². The van der Waals surface area contributed by atoms with E-state index in [2.05, 4.69) is 57.2 Å². The summed E-state index contributed by atoms with van der Waals surface area (Å²) in [6.07, 6.45) is 0.793. The SMILES string of the molecule is CCP(=NP(=N)(Cc1ccccc1)Oc1ccccc1)(Oc1ccccc1)Oc1ccc(C(C)(C)c2ccc(C)cc2)cc1. The number of benzene rings is 5. The average molecular weight is 623 g/mol. The molecule has 5 rings (SSSR count). The Morgan fingerprint density at radius 2 is 1.02 bits per heavy atom. The first-order valence-electron chi connectivity index (χ1n) is 14.9. The maximum atomic E-state index is 9.70. The Hall–Kier alpha value is -4.04. The molecule has 1 N–H and O–H groups in total. The summed E-state index contributed by atoms with van der Waals surface area (Å²) in [6.45, 7) is 8.57. The fraction of sp³-hybridized carbons (Fsp3) is 0.189. The van der Waals surface area contributed by atoms with Gasteiger partial charge in [-0.1, -0.05) is 129 Å². The van der Waals surface area contributed by atoms with E-state index in [9.17, 15) is 5.16 Å². The minimum atomic E-state index is -3.23. The summed E-state index contributed by atoms with van der Waals surface area (Å²) in [5, 5.41) is 9.70. The van der Waals surface area contributed by atoms with Crippen LogP contribution in [0.3, 0.4) is 0 Å². The van der Waals surface area contributed by atoms with Gasteiger partial charge in [-0.25, -0.2) is 0 Å². The summed E-state index contributed by atoms with van der Waals surface area (Å²) in [6, 6.07) is 45.9. The van der Waals surface area contributed by atoms with Gasteiger partial charge in [0.1, 0.15) is 17.2 Å². The van der Waals surface area contributed by atoms with Crippen molar-refractivity contribution in [2.45, 2.75) is 39.3 Å². The fourth-order valence-corrected chi connectivity index (χ4v) is 10.3. The maximum absolute atomic E-state index is 9.70. The van der Waals surface area contributed by atoms with Crippen LogP contribution in [0.5, 0.6) is 17.2 Å². The van der Waals surface area contributed by atoms with Crippen LogP contribution in [0, 0.1) is 12.1 Å². The van der Waals surface area contributed by atoms with Crippen LogP contribution in [0.2, 0.25) is 0 Å². The van der Waals surface area contributed by atoms with Gasteiger partial charge in [0.05, 0.1) is 12.3 Å². The van der Waals surface area contributed by atoms with Crippen molar-refractivity contribution in [1.29, 1.82) is 5.16 Å². The molecule has 5 aromatic rings. The minimum absolute atomic E-state index is 0.185. The summed E-state index contributed by atoms with van der Waals surface area (Å²) >= 11 is 0. The highest BCUT2D eigenvalue weighted by Crippen LogP contribution is 2.64. The van der Waals surface area contributed by atoms with Gasteiger partial charge < -0.3 is 13.6 Å². The molecule has 226 valence electrons. The summed E-state index contributed by atoms with van der Waals surface area (Å²) in [7, 11) is -6.30. The van der Waals surface area contributed by atoms with E-state index >= 15 is 0 Å². The molecule has 0 aromatic heterocycles. The molecule has 0 aliphatic rings. The molecule has 5 nitrogen and oxygen atoms in total. The minimum Gasteiger partial charge on any atom is -0.441 e. The zero-order chi connectivity index (χ0) is 31.0. The van der Waals surface area contributed by atoms with Crippen LogP contribution in [-0.4, -0.2) is 6.16 Å². The number of para-hydroxylation sites is 2. The van der Waals surface area contributed by atoms with Gasteiger partial charge in [-0.2, -0.15) is 4.52 Å². The van der Waals surface area contributed by atoms with E-state index in [0.29, 0.717) is 29.6 Å². The summed E-state index contributed by atoms with van der Waals surface area (Å²) < 4.78 is 25.0. The highest BCUT2D eigenvalue weighted by Gasteiger charge is 2.32. The fourth-order valence-electron chi connectivity index (χ4n) is 4.92. The second-order valence-electron chi connectivity index (χ2n) is 11.3. The van der Waals surface area contributed by atoms with Gasteiger partial charge in [-0.3, -0.25) is 5.16 Å². The predicted molar refractivity (Wildman–Crippen MR) is 184 cm³/mol. The first-order chi connectivity index (χ1) is 21.2. The lowest BCUT2D eigenvalue weighted by atomic mass is 9.78. The van der Waals surface area contributed by atoms with E-state index < -0.39 is 14.9 Å². The molecule has 5 aromatic carbocycles. The molecule has 0 radical (unpaired) electrons. The molecule has 44 heavy (non-hydrogen) atoms. The largest absolute Gasteiger partial charge is 0.441 e. The predicted octanol–water partition coefficient (Wildman–Crippen LogP) is 11.7. The first kappa shape index (κ1) is 31.4. The molecule has 0 spiro atoms. The van der Waals surface area contributed by atoms with Crippen LogP contribution >= 0.6 is 14.9 Å². The normalized spacial score (nSPS) is 14.1. The molecule has 0 amide bonds. The second-order valence-corrected chi connectivity index (χ2v) is 16.2. The molecule has 0 bridgehead atoms. The lowest BCUT2D eigenvalue weighted by molar-refractivity contribution is 0.475. The standard InChI is InChI=1S/C37H40N2O3P2/c1-5-44(41-35-19-13-8-14-20-35,39-43(38,29-31-15-9-6-10-16-31)40-34-17-11-7-12-18-34)42-36-27-25-33(26-28-36)37(3,4)32-23-21-30(2)22-24-32/h6-28,38H,5,29H2,1-4H3. The highest BCUT2D eigenvalue weighted by atomic mass is 31.2. The van der Waals surface area contributed by atoms with Crippen LogP contribution in [0.15, 0.2) is 144 Å². The third-order valence-corrected chi connectivity index (χ3v) is 12.9. The van der Waals surface area contributed by atoms with Crippen molar-refractivity contribution < 1.29 is 13.6 Å². The maximum Gasteiger partial charge on any atom is 0.321 e. The molecule has 0 saturated heterocycles. The molecule has 2 unspecified atom stereocenters. The van der Waals surface area contributed by atoms with Crippen LogP contribution < -0.4 is 13.6 Å². The average Bonchev–Trinajstić information content (AvgIpc) is 3.03. The van der Waals surface area contributed by atoms with Crippen molar-refractivity contribution in [3.8, 4) is 17.2 Å². The van der Waals surface area contributed by atoms with Crippen molar-refractivity contribution in [2.24, 2.45) is 4.52 Å². The summed E-state index contributed by atoms with van der Waals surface area (Å²) in [4.78, 5) is 0. The Labute approximate surface area is 262 Å². The van der Waals surface area contributed by atoms with E-state index in [-0.39, 0.29) is 5.41 Å². The smallest absolute Gasteiger partial charge is 0.321 e. The Bertz CT molecular complexity index is 1700. The molecule has 7 heteroatoms. The van der Waals surface area contributed by atoms with Crippen molar-refractivity contribution in [1.82, 2.24) is 0 Å². The molecular weight excluding hydrogens is 582 g/mol. The molecule has 0 saturated carbocycles. The van der Waals surface area contributed by atoms with Crippen LogP contribution in [-0.2, 0) is 11.6 Å². The second kappa shape index (κ2) is 13.7. The van der Waals surface area contributed by atoms with E-state index in [1.165, 1.54) is 16.7 Å². The molecule has 0 aliphatic carbocycles. The lowest BCUT2D eigenvalue weighted by Gasteiger charge is -2.29. The lowest BCUT2D eigenvalue weighted by Crippen LogP contribution is -2.18. The van der Waals surface area contributed by atoms with Crippen LogP contribution in [0.4, 0.5) is 0 Å². The van der Waals surface area contributed by atoms with Gasteiger partial charge >= 0.3 is 7.51 Å². The van der Waals surface area contributed by atoms with Crippen molar-refractivity contribution in [3.05, 3.63) is 162 Å². The summed E-state index contributed by atoms with van der Waals surface area (Å²) in [5.41, 5.74) is 4.46. The van der Waals surface area contributed by atoms with E-state index in [4.69, 9.17) is 18.1 Å². The van der Waals surface area contributed by atoms with Crippen LogP contribution in [0.25, 0.3) is 0 Å². The van der Waals surface area contributed by atoms with E-state index in [1.54, 1.807) is 0 Å². The molecule has 2 atom stereocenters. The number of aryl methyl sites for hydroxylation is 1. The zero-order valence-corrected chi connectivity index (χ0v) is 27.5. The number of rotatable bonds is 12. The number of nitrogens with zero attached hydrogens (tertiary/aromatic N) is 1. The van der Waals surface area contributed by atoms with Crippen molar-refractivity contribution >= 4 is 14.9 Å². The number of nitrogens with one attached hydrogen (secondary N) is 1. The van der Waals surface area contributed by atoms with Gasteiger partial charge in [0, 0.05) is 5.41 Å². The Morgan fingerprint density at radius 1 is 0.591 bits per heavy atom. The zero-order valence-electron chi connectivity index (χ0n) is 25.8. The molecule has 0 aliphatic heterocycles. The molecule has 0 heterocycles. The highest BCUT2D eigenvalue weighted by molar-refractivity contribution is 7.69.